The fraction of sp³-hybridized carbons (Fsp3) is 1.00. The molecule has 1 saturated carbocycles. The third-order valence-corrected chi connectivity index (χ3v) is 6.76. The van der Waals surface area contributed by atoms with Gasteiger partial charge in [-0.3, -0.25) is 0 Å². The zero-order chi connectivity index (χ0) is 24.6. The molecule has 0 bridgehead atoms. The average molecular weight is 630 g/mol. The van der Waals surface area contributed by atoms with Crippen molar-refractivity contribution in [1.29, 1.82) is 0 Å². The average Bonchev–Trinajstić information content (AvgIpc) is 2.79. The predicted molar refractivity (Wildman–Crippen MR) is 103 cm³/mol. The number of rotatable bonds is 6. The second kappa shape index (κ2) is 16.7. The summed E-state index contributed by atoms with van der Waals surface area (Å²) >= 11 is 0. The van der Waals surface area contributed by atoms with E-state index >= 15 is 0 Å². The van der Waals surface area contributed by atoms with Crippen molar-refractivity contribution in [3.63, 3.8) is 0 Å². The maximum Gasteiger partial charge on any atom is 0.214 e. The molecule has 19 N–H and O–H groups in total. The Balaban J connectivity index is 0. The highest BCUT2D eigenvalue weighted by atomic mass is 35.5. The Morgan fingerprint density at radius 3 is 1.68 bits per heavy atom. The van der Waals surface area contributed by atoms with Crippen molar-refractivity contribution in [3.05, 3.63) is 0 Å². The molecule has 0 aromatic rings. The predicted octanol–water partition coefficient (Wildman–Crippen LogP) is -22.1. The van der Waals surface area contributed by atoms with Gasteiger partial charge in [0.1, 0.15) is 79.7 Å². The summed E-state index contributed by atoms with van der Waals surface area (Å²) < 4.78 is 23.0. The van der Waals surface area contributed by atoms with Gasteiger partial charge in [0.2, 0.25) is 6.29 Å². The second-order valence-electron chi connectivity index (χ2n) is 9.12. The van der Waals surface area contributed by atoms with Gasteiger partial charge in [-0.2, -0.15) is 0 Å². The molecule has 2 aliphatic heterocycles. The zero-order valence-corrected chi connectivity index (χ0v) is 22.9. The summed E-state index contributed by atoms with van der Waals surface area (Å²) in [7, 11) is 0. The normalized spacial score (nSPS) is 47.9. The molecule has 1 aliphatic carbocycles. The van der Waals surface area contributed by atoms with E-state index in [0.717, 1.165) is 0 Å². The van der Waals surface area contributed by atoms with Gasteiger partial charge >= 0.3 is 0 Å². The lowest BCUT2D eigenvalue weighted by molar-refractivity contribution is -0.537. The van der Waals surface area contributed by atoms with E-state index in [2.05, 4.69) is 22.9 Å². The second-order valence-corrected chi connectivity index (χ2v) is 9.12. The standard InChI is InChI=1S/C18H36N4O11.4ClH/c19-2-6-10(25)12(27)8(22)17(30-6)32-15-5(21)1-4(20)9(24)16(15)33-18-14(29)13(28)11(26)7(3-23)31-18;;;;/h4-18,23-29H,1-3,19-22H2;4*1H/t4-,5+,6-,7-,8-,9+,10-,11-,12-,13+,14-,15-,16-,17-,18+;;;;/m1..../s1. The number of quaternary nitrogens is 4. The van der Waals surface area contributed by atoms with Crippen molar-refractivity contribution in [1.82, 2.24) is 0 Å². The van der Waals surface area contributed by atoms with Crippen LogP contribution in [0.1, 0.15) is 6.42 Å². The molecule has 0 aromatic heterocycles. The van der Waals surface area contributed by atoms with Gasteiger partial charge in [-0.15, -0.1) is 0 Å². The molecule has 37 heavy (non-hydrogen) atoms. The first kappa shape index (κ1) is 39.7. The molecule has 226 valence electrons. The van der Waals surface area contributed by atoms with E-state index < -0.39 is 98.4 Å². The van der Waals surface area contributed by atoms with Gasteiger partial charge < -0.3 is 127 Å². The number of aliphatic hydroxyl groups is 7. The molecule has 0 aromatic carbocycles. The molecule has 2 heterocycles. The Bertz CT molecular complexity index is 652. The summed E-state index contributed by atoms with van der Waals surface area (Å²) in [6, 6.07) is -1.86. The minimum absolute atomic E-state index is 0. The summed E-state index contributed by atoms with van der Waals surface area (Å²) in [4.78, 5) is 0. The van der Waals surface area contributed by atoms with E-state index in [1.54, 1.807) is 0 Å². The van der Waals surface area contributed by atoms with E-state index in [1.165, 1.54) is 0 Å². The first-order valence-corrected chi connectivity index (χ1v) is 11.1. The molecular weight excluding hydrogens is 590 g/mol. The van der Waals surface area contributed by atoms with Gasteiger partial charge in [-0.1, -0.05) is 0 Å². The Morgan fingerprint density at radius 2 is 1.14 bits per heavy atom. The van der Waals surface area contributed by atoms with Crippen LogP contribution in [0.5, 0.6) is 0 Å². The van der Waals surface area contributed by atoms with Crippen molar-refractivity contribution in [3.8, 4) is 0 Å². The van der Waals surface area contributed by atoms with Gasteiger partial charge in [-0.25, -0.2) is 0 Å². The topological polar surface area (TPSA) is 289 Å². The molecule has 0 amide bonds. The molecular formula is C18H40Cl4N4O11. The highest BCUT2D eigenvalue weighted by Gasteiger charge is 2.54. The van der Waals surface area contributed by atoms with Crippen LogP contribution in [0, 0.1) is 0 Å². The Labute approximate surface area is 238 Å². The minimum Gasteiger partial charge on any atom is -1.00 e. The van der Waals surface area contributed by atoms with Gasteiger partial charge in [0, 0.05) is 0 Å². The first-order chi connectivity index (χ1) is 15.5. The van der Waals surface area contributed by atoms with E-state index in [1.807, 2.05) is 0 Å². The maximum atomic E-state index is 10.8. The van der Waals surface area contributed by atoms with E-state index in [4.69, 9.17) is 18.9 Å². The quantitative estimate of drug-likeness (QED) is 0.131. The van der Waals surface area contributed by atoms with Crippen LogP contribution in [0.25, 0.3) is 0 Å². The largest absolute Gasteiger partial charge is 1.00 e. The minimum atomic E-state index is -1.68. The number of hydrogen-bond donors (Lipinski definition) is 11. The maximum absolute atomic E-state index is 10.8. The summed E-state index contributed by atoms with van der Waals surface area (Å²) in [6.07, 6.45) is -14.9. The monoisotopic (exact) mass is 628 g/mol. The molecule has 0 unspecified atom stereocenters. The van der Waals surface area contributed by atoms with Crippen LogP contribution in [-0.2, 0) is 18.9 Å². The molecule has 0 spiro atoms. The zero-order valence-electron chi connectivity index (χ0n) is 19.9. The highest BCUT2D eigenvalue weighted by Crippen LogP contribution is 2.30. The molecule has 3 rings (SSSR count). The number of aliphatic hydroxyl groups excluding tert-OH is 7. The summed E-state index contributed by atoms with van der Waals surface area (Å²) in [5, 5.41) is 71.1. The molecule has 3 aliphatic rings. The van der Waals surface area contributed by atoms with Gasteiger partial charge in [0.25, 0.3) is 0 Å². The molecule has 15 atom stereocenters. The fourth-order valence-corrected chi connectivity index (χ4v) is 4.59. The SMILES string of the molecule is [Cl-].[Cl-].[Cl-].[Cl-].[NH3+]C[C@H]1O[C@H](O[C@H]2[C@H](O[C@@H]3O[C@H](CO)[C@@H](O)[C@H](O)[C@H]3O)[C@@H](O)[C@H]([NH3+])C[C@@H]2[NH3+])[C@H]([NH3+])[C@@H](O)[C@@H]1O. The Hall–Kier alpha value is 0.560. The summed E-state index contributed by atoms with van der Waals surface area (Å²) in [5.74, 6) is 0. The van der Waals surface area contributed by atoms with Gasteiger partial charge in [0.15, 0.2) is 12.3 Å². The van der Waals surface area contributed by atoms with Crippen molar-refractivity contribution < 1.29 is 127 Å². The molecule has 2 saturated heterocycles. The Morgan fingerprint density at radius 1 is 0.622 bits per heavy atom. The van der Waals surface area contributed by atoms with E-state index in [0.29, 0.717) is 6.42 Å². The summed E-state index contributed by atoms with van der Waals surface area (Å²) in [6.45, 7) is -0.475. The van der Waals surface area contributed by atoms with Gasteiger partial charge in [0.05, 0.1) is 13.0 Å². The van der Waals surface area contributed by atoms with Crippen LogP contribution >= 0.6 is 0 Å². The lowest BCUT2D eigenvalue weighted by Gasteiger charge is -2.46. The van der Waals surface area contributed by atoms with Crippen molar-refractivity contribution in [2.45, 2.75) is 98.2 Å². The van der Waals surface area contributed by atoms with Crippen LogP contribution in [-0.4, -0.2) is 141 Å². The van der Waals surface area contributed by atoms with Crippen LogP contribution in [0.3, 0.4) is 0 Å². The van der Waals surface area contributed by atoms with Crippen molar-refractivity contribution in [2.75, 3.05) is 13.2 Å². The fourth-order valence-electron chi connectivity index (χ4n) is 4.59. The van der Waals surface area contributed by atoms with Crippen molar-refractivity contribution in [2.24, 2.45) is 0 Å². The third kappa shape index (κ3) is 8.29. The summed E-state index contributed by atoms with van der Waals surface area (Å²) in [5.41, 5.74) is 15.5. The van der Waals surface area contributed by atoms with Crippen LogP contribution in [0.4, 0.5) is 0 Å². The van der Waals surface area contributed by atoms with E-state index in [9.17, 15) is 35.7 Å². The number of hydrogen-bond acceptors (Lipinski definition) is 11. The molecule has 15 nitrogen and oxygen atoms in total. The van der Waals surface area contributed by atoms with Crippen LogP contribution in [0.2, 0.25) is 0 Å². The van der Waals surface area contributed by atoms with Gasteiger partial charge in [-0.05, 0) is 0 Å². The molecule has 3 fully saturated rings. The van der Waals surface area contributed by atoms with Crippen LogP contribution in [0.15, 0.2) is 0 Å². The first-order valence-electron chi connectivity index (χ1n) is 11.1. The lowest BCUT2D eigenvalue weighted by atomic mass is 9.84. The Kier molecular flexibility index (Phi) is 18.0. The molecule has 0 radical (unpaired) electrons. The third-order valence-electron chi connectivity index (χ3n) is 6.76. The number of ether oxygens (including phenoxy) is 4. The lowest BCUT2D eigenvalue weighted by Crippen LogP contribution is -3.00. The highest BCUT2D eigenvalue weighted by molar-refractivity contribution is 4.97. The smallest absolute Gasteiger partial charge is 0.214 e. The van der Waals surface area contributed by atoms with Crippen molar-refractivity contribution >= 4 is 0 Å². The van der Waals surface area contributed by atoms with Crippen LogP contribution < -0.4 is 72.6 Å². The molecule has 19 heteroatoms. The number of halogens is 4. The van der Waals surface area contributed by atoms with E-state index in [-0.39, 0.29) is 56.2 Å².